The molecule has 38 heavy (non-hydrogen) atoms. The number of carbonyl (C=O) groups is 1. The van der Waals surface area contributed by atoms with E-state index in [2.05, 4.69) is 65.7 Å². The molecule has 2 aromatic heterocycles. The number of H-pyrrole nitrogens is 1. The third-order valence-electron chi connectivity index (χ3n) is 7.51. The van der Waals surface area contributed by atoms with Gasteiger partial charge in [0.05, 0.1) is 12.1 Å². The van der Waals surface area contributed by atoms with E-state index in [0.717, 1.165) is 79.7 Å². The topological polar surface area (TPSA) is 100 Å². The number of imidazole rings is 1. The van der Waals surface area contributed by atoms with Gasteiger partial charge in [-0.15, -0.1) is 0 Å². The number of nitrogens with zero attached hydrogens (tertiary/aromatic N) is 4. The van der Waals surface area contributed by atoms with E-state index in [4.69, 9.17) is 15.5 Å². The van der Waals surface area contributed by atoms with Gasteiger partial charge in [0.15, 0.2) is 0 Å². The van der Waals surface area contributed by atoms with E-state index in [1.807, 2.05) is 6.92 Å². The van der Waals surface area contributed by atoms with Gasteiger partial charge in [0.25, 0.3) is 0 Å². The number of aryl methyl sites for hydroxylation is 1. The van der Waals surface area contributed by atoms with Crippen LogP contribution in [0.25, 0.3) is 21.9 Å². The van der Waals surface area contributed by atoms with Crippen LogP contribution in [-0.2, 0) is 16.0 Å². The molecule has 1 atom stereocenters. The number of aromatic nitrogens is 3. The maximum Gasteiger partial charge on any atom is 0.150 e. The van der Waals surface area contributed by atoms with E-state index in [1.165, 1.54) is 5.69 Å². The number of benzene rings is 1. The highest BCUT2D eigenvalue weighted by molar-refractivity contribution is 6.07. The van der Waals surface area contributed by atoms with E-state index in [9.17, 15) is 4.79 Å². The molecule has 3 N–H and O–H groups in total. The number of piperazine rings is 1. The van der Waals surface area contributed by atoms with E-state index >= 15 is 0 Å². The zero-order valence-corrected chi connectivity index (χ0v) is 24.0. The van der Waals surface area contributed by atoms with Crippen molar-refractivity contribution >= 4 is 39.2 Å². The minimum Gasteiger partial charge on any atom is -0.382 e. The number of hydrogen-bond acceptors (Lipinski definition) is 7. The van der Waals surface area contributed by atoms with Crippen LogP contribution in [0.4, 0.5) is 11.5 Å². The Morgan fingerprint density at radius 3 is 2.66 bits per heavy atom. The van der Waals surface area contributed by atoms with E-state index in [0.29, 0.717) is 37.7 Å². The zero-order chi connectivity index (χ0) is 27.3. The van der Waals surface area contributed by atoms with Gasteiger partial charge < -0.3 is 20.4 Å². The van der Waals surface area contributed by atoms with Crippen molar-refractivity contribution in [2.45, 2.75) is 66.7 Å². The number of nitrogens with two attached hydrogens (primary N) is 1. The number of nitrogens with one attached hydrogen (secondary N) is 1. The van der Waals surface area contributed by atoms with Crippen LogP contribution in [0.2, 0.25) is 0 Å². The molecular formula is C30H46N6O2. The maximum absolute atomic E-state index is 11.7. The molecule has 1 fully saturated rings. The monoisotopic (exact) mass is 522 g/mol. The number of ketones is 1. The standard InChI is InChI=1S/C30H46N6O2/c1-6-8-9-26-33-27-24-17-22(10-11-25(24)32-29(31)28(27)34-26)36-14-12-35(13-15-36)19-30(4,5)20-38-18-21(3)16-23(37)7-2/h10-11,17,21H,6-9,12-16,18-20H2,1-5H3,(H2,31,32)(H,33,34). The van der Waals surface area contributed by atoms with E-state index in [-0.39, 0.29) is 11.3 Å². The molecule has 0 amide bonds. The molecule has 0 radical (unpaired) electrons. The quantitative estimate of drug-likeness (QED) is 0.318. The minimum absolute atomic E-state index is 0.0618. The summed E-state index contributed by atoms with van der Waals surface area (Å²) in [6.45, 7) is 17.1. The Morgan fingerprint density at radius 2 is 1.95 bits per heavy atom. The van der Waals surface area contributed by atoms with Crippen molar-refractivity contribution in [1.29, 1.82) is 0 Å². The van der Waals surface area contributed by atoms with Crippen molar-refractivity contribution in [2.24, 2.45) is 11.3 Å². The number of ether oxygens (including phenoxy) is 1. The lowest BCUT2D eigenvalue weighted by molar-refractivity contribution is -0.120. The largest absolute Gasteiger partial charge is 0.382 e. The summed E-state index contributed by atoms with van der Waals surface area (Å²) in [5.41, 5.74) is 10.2. The third-order valence-corrected chi connectivity index (χ3v) is 7.51. The average molecular weight is 523 g/mol. The first-order valence-electron chi connectivity index (χ1n) is 14.3. The number of nitrogen functional groups attached to an aromatic ring is 1. The fourth-order valence-electron chi connectivity index (χ4n) is 5.40. The van der Waals surface area contributed by atoms with Crippen LogP contribution in [0.15, 0.2) is 18.2 Å². The highest BCUT2D eigenvalue weighted by Crippen LogP contribution is 2.30. The van der Waals surface area contributed by atoms with Gasteiger partial charge in [0, 0.05) is 75.1 Å². The third kappa shape index (κ3) is 7.03. The van der Waals surface area contributed by atoms with Gasteiger partial charge in [-0.1, -0.05) is 41.0 Å². The highest BCUT2D eigenvalue weighted by atomic mass is 16.5. The van der Waals surface area contributed by atoms with E-state index < -0.39 is 0 Å². The van der Waals surface area contributed by atoms with Crippen LogP contribution in [0.5, 0.6) is 0 Å². The smallest absolute Gasteiger partial charge is 0.150 e. The zero-order valence-electron chi connectivity index (χ0n) is 24.0. The second-order valence-corrected chi connectivity index (χ2v) is 11.9. The summed E-state index contributed by atoms with van der Waals surface area (Å²) in [6, 6.07) is 6.46. The van der Waals surface area contributed by atoms with Crippen molar-refractivity contribution < 1.29 is 9.53 Å². The van der Waals surface area contributed by atoms with Gasteiger partial charge in [0.1, 0.15) is 28.5 Å². The van der Waals surface area contributed by atoms with Crippen LogP contribution < -0.4 is 10.6 Å². The first kappa shape index (κ1) is 28.3. The summed E-state index contributed by atoms with van der Waals surface area (Å²) in [4.78, 5) is 29.6. The molecule has 0 aliphatic carbocycles. The molecule has 8 nitrogen and oxygen atoms in total. The van der Waals surface area contributed by atoms with Crippen molar-refractivity contribution in [3.63, 3.8) is 0 Å². The summed E-state index contributed by atoms with van der Waals surface area (Å²) < 4.78 is 6.03. The number of unbranched alkanes of at least 4 members (excludes halogenated alkanes) is 1. The Bertz CT molecular complexity index is 1230. The fraction of sp³-hybridized carbons (Fsp3) is 0.633. The van der Waals surface area contributed by atoms with Gasteiger partial charge in [0.2, 0.25) is 0 Å². The highest BCUT2D eigenvalue weighted by Gasteiger charge is 2.26. The van der Waals surface area contributed by atoms with Crippen LogP contribution in [-0.4, -0.2) is 71.6 Å². The minimum atomic E-state index is 0.0618. The van der Waals surface area contributed by atoms with Crippen molar-refractivity contribution in [1.82, 2.24) is 19.9 Å². The molecule has 208 valence electrons. The Morgan fingerprint density at radius 1 is 1.18 bits per heavy atom. The molecule has 1 aliphatic rings. The number of carbonyl (C=O) groups excluding carboxylic acids is 1. The number of fused-ring (bicyclic) bond motifs is 3. The number of pyridine rings is 1. The molecule has 1 saturated heterocycles. The van der Waals surface area contributed by atoms with Gasteiger partial charge in [-0.05, 0) is 30.5 Å². The van der Waals surface area contributed by atoms with Crippen LogP contribution in [0.3, 0.4) is 0 Å². The van der Waals surface area contributed by atoms with Crippen LogP contribution in [0, 0.1) is 11.3 Å². The summed E-state index contributed by atoms with van der Waals surface area (Å²) in [5, 5.41) is 1.06. The van der Waals surface area contributed by atoms with Crippen LogP contribution in [0.1, 0.15) is 66.1 Å². The number of Topliss-reactive ketones (excluding diaryl/α,β-unsaturated/α-hetero) is 1. The summed E-state index contributed by atoms with van der Waals surface area (Å²) >= 11 is 0. The van der Waals surface area contributed by atoms with Crippen molar-refractivity contribution in [2.75, 3.05) is 56.6 Å². The predicted octanol–water partition coefficient (Wildman–Crippen LogP) is 5.21. The van der Waals surface area contributed by atoms with Crippen LogP contribution >= 0.6 is 0 Å². The SMILES string of the molecule is CCCCc1nc2c([nH]1)c(N)nc1ccc(N3CCN(CC(C)(C)COCC(C)CC(=O)CC)CC3)cc12. The Balaban J connectivity index is 1.35. The van der Waals surface area contributed by atoms with Gasteiger partial charge in [-0.2, -0.15) is 0 Å². The first-order valence-corrected chi connectivity index (χ1v) is 14.3. The first-order chi connectivity index (χ1) is 18.2. The fourth-order valence-corrected chi connectivity index (χ4v) is 5.40. The molecule has 0 bridgehead atoms. The summed E-state index contributed by atoms with van der Waals surface area (Å²) in [6.07, 6.45) is 4.38. The van der Waals surface area contributed by atoms with Gasteiger partial charge in [-0.25, -0.2) is 9.97 Å². The maximum atomic E-state index is 11.7. The summed E-state index contributed by atoms with van der Waals surface area (Å²) in [5.74, 6) is 2.09. The normalized spacial score (nSPS) is 16.0. The predicted molar refractivity (Wildman–Crippen MR) is 157 cm³/mol. The van der Waals surface area contributed by atoms with Gasteiger partial charge in [-0.3, -0.25) is 9.69 Å². The van der Waals surface area contributed by atoms with E-state index in [1.54, 1.807) is 0 Å². The van der Waals surface area contributed by atoms with Crippen molar-refractivity contribution in [3.8, 4) is 0 Å². The molecule has 0 spiro atoms. The Labute approximate surface area is 227 Å². The Hall–Kier alpha value is -2.71. The second-order valence-electron chi connectivity index (χ2n) is 11.9. The van der Waals surface area contributed by atoms with Crippen molar-refractivity contribution in [3.05, 3.63) is 24.0 Å². The summed E-state index contributed by atoms with van der Waals surface area (Å²) in [7, 11) is 0. The molecule has 1 unspecified atom stereocenters. The average Bonchev–Trinajstić information content (AvgIpc) is 3.32. The van der Waals surface area contributed by atoms with Gasteiger partial charge >= 0.3 is 0 Å². The molecule has 1 aliphatic heterocycles. The molecule has 3 heterocycles. The Kier molecular flexibility index (Phi) is 9.26. The molecular weight excluding hydrogens is 476 g/mol. The second kappa shape index (κ2) is 12.4. The lowest BCUT2D eigenvalue weighted by Gasteiger charge is -2.39. The molecule has 0 saturated carbocycles. The molecule has 8 heteroatoms. The molecule has 1 aromatic carbocycles. The number of hydrogen-bond donors (Lipinski definition) is 2. The lowest BCUT2D eigenvalue weighted by Crippen LogP contribution is -2.49. The number of rotatable bonds is 13. The molecule has 3 aromatic rings. The number of anilines is 2. The molecule has 4 rings (SSSR count). The lowest BCUT2D eigenvalue weighted by atomic mass is 9.93. The number of aromatic amines is 1.